The van der Waals surface area contributed by atoms with Gasteiger partial charge in [0, 0.05) is 11.3 Å². The molecule has 0 saturated carbocycles. The summed E-state index contributed by atoms with van der Waals surface area (Å²) in [6, 6.07) is 16.2. The van der Waals surface area contributed by atoms with Crippen LogP contribution < -0.4 is 0 Å². The van der Waals surface area contributed by atoms with Gasteiger partial charge in [0.25, 0.3) is 5.89 Å². The zero-order valence-corrected chi connectivity index (χ0v) is 12.0. The summed E-state index contributed by atoms with van der Waals surface area (Å²) in [6.45, 7) is 0. The molecule has 5 heteroatoms. The van der Waals surface area contributed by atoms with Crippen LogP contribution in [0, 0.1) is 5.82 Å². The average Bonchev–Trinajstić information content (AvgIpc) is 2.98. The summed E-state index contributed by atoms with van der Waals surface area (Å²) in [5.74, 6) is 2.37. The van der Waals surface area contributed by atoms with Gasteiger partial charge in [-0.1, -0.05) is 35.5 Å². The molecule has 3 rings (SSSR count). The van der Waals surface area contributed by atoms with E-state index in [-0.39, 0.29) is 5.82 Å². The third kappa shape index (κ3) is 3.70. The van der Waals surface area contributed by atoms with Crippen molar-refractivity contribution in [3.63, 3.8) is 0 Å². The second-order valence-corrected chi connectivity index (χ2v) is 5.49. The molecule has 0 amide bonds. The fourth-order valence-corrected chi connectivity index (χ4v) is 2.69. The Bertz CT molecular complexity index is 698. The maximum atomic E-state index is 12.9. The molecule has 0 fully saturated rings. The fraction of sp³-hybridized carbons (Fsp3) is 0.125. The molecule has 0 atom stereocenters. The number of aromatic nitrogens is 2. The summed E-state index contributed by atoms with van der Waals surface area (Å²) >= 11 is 1.73. The molecule has 0 spiro atoms. The lowest BCUT2D eigenvalue weighted by atomic mass is 10.2. The maximum absolute atomic E-state index is 12.9. The van der Waals surface area contributed by atoms with Crippen molar-refractivity contribution >= 4 is 11.8 Å². The molecular weight excluding hydrogens is 287 g/mol. The minimum atomic E-state index is -0.281. The van der Waals surface area contributed by atoms with Gasteiger partial charge >= 0.3 is 0 Å². The van der Waals surface area contributed by atoms with E-state index in [1.807, 2.05) is 18.2 Å². The Balaban J connectivity index is 1.59. The number of halogens is 1. The van der Waals surface area contributed by atoms with E-state index in [4.69, 9.17) is 4.52 Å². The number of nitrogens with zero attached hydrogens (tertiary/aromatic N) is 2. The van der Waals surface area contributed by atoms with Crippen LogP contribution in [-0.4, -0.2) is 10.1 Å². The number of thioether (sulfide) groups is 1. The Labute approximate surface area is 126 Å². The topological polar surface area (TPSA) is 38.9 Å². The third-order valence-corrected chi connectivity index (χ3v) is 3.90. The lowest BCUT2D eigenvalue weighted by molar-refractivity contribution is 0.425. The SMILES string of the molecule is Fc1ccc(-c2nc(CSCc3ccccc3)no2)cc1. The van der Waals surface area contributed by atoms with Crippen molar-refractivity contribution in [1.29, 1.82) is 0 Å². The van der Waals surface area contributed by atoms with E-state index in [0.29, 0.717) is 17.5 Å². The highest BCUT2D eigenvalue weighted by atomic mass is 32.2. The maximum Gasteiger partial charge on any atom is 0.257 e. The van der Waals surface area contributed by atoms with Crippen molar-refractivity contribution in [2.45, 2.75) is 11.5 Å². The first-order chi connectivity index (χ1) is 10.3. The first-order valence-electron chi connectivity index (χ1n) is 6.51. The monoisotopic (exact) mass is 300 g/mol. The summed E-state index contributed by atoms with van der Waals surface area (Å²) in [4.78, 5) is 4.32. The van der Waals surface area contributed by atoms with Gasteiger partial charge in [-0.3, -0.25) is 0 Å². The van der Waals surface area contributed by atoms with Crippen LogP contribution in [0.4, 0.5) is 4.39 Å². The van der Waals surface area contributed by atoms with E-state index in [9.17, 15) is 4.39 Å². The first-order valence-corrected chi connectivity index (χ1v) is 7.67. The molecule has 21 heavy (non-hydrogen) atoms. The van der Waals surface area contributed by atoms with Gasteiger partial charge in [0.05, 0.1) is 5.75 Å². The van der Waals surface area contributed by atoms with Crippen LogP contribution in [0.25, 0.3) is 11.5 Å². The fourth-order valence-electron chi connectivity index (χ4n) is 1.86. The highest BCUT2D eigenvalue weighted by Gasteiger charge is 2.08. The second-order valence-electron chi connectivity index (χ2n) is 4.50. The Morgan fingerprint density at radius 2 is 1.71 bits per heavy atom. The molecule has 0 aliphatic rings. The molecule has 0 unspecified atom stereocenters. The van der Waals surface area contributed by atoms with Crippen molar-refractivity contribution in [2.24, 2.45) is 0 Å². The summed E-state index contributed by atoms with van der Waals surface area (Å²) in [6.07, 6.45) is 0. The highest BCUT2D eigenvalue weighted by Crippen LogP contribution is 2.20. The normalized spacial score (nSPS) is 10.7. The minimum Gasteiger partial charge on any atom is -0.334 e. The lowest BCUT2D eigenvalue weighted by Gasteiger charge is -1.98. The molecule has 3 nitrogen and oxygen atoms in total. The Hall–Kier alpha value is -2.14. The Kier molecular flexibility index (Phi) is 4.31. The summed E-state index contributed by atoms with van der Waals surface area (Å²) in [7, 11) is 0. The Morgan fingerprint density at radius 3 is 2.48 bits per heavy atom. The van der Waals surface area contributed by atoms with Crippen molar-refractivity contribution in [3.8, 4) is 11.5 Å². The van der Waals surface area contributed by atoms with Crippen molar-refractivity contribution in [3.05, 3.63) is 71.8 Å². The molecule has 3 aromatic rings. The molecule has 0 aliphatic carbocycles. The van der Waals surface area contributed by atoms with E-state index >= 15 is 0 Å². The van der Waals surface area contributed by atoms with E-state index in [2.05, 4.69) is 22.3 Å². The predicted molar refractivity (Wildman–Crippen MR) is 81.1 cm³/mol. The van der Waals surface area contributed by atoms with Crippen LogP contribution in [0.2, 0.25) is 0 Å². The predicted octanol–water partition coefficient (Wildman–Crippen LogP) is 4.31. The molecule has 0 bridgehead atoms. The number of benzene rings is 2. The van der Waals surface area contributed by atoms with Crippen molar-refractivity contribution in [2.75, 3.05) is 0 Å². The second kappa shape index (κ2) is 6.54. The van der Waals surface area contributed by atoms with Crippen molar-refractivity contribution < 1.29 is 8.91 Å². The molecule has 0 saturated heterocycles. The first kappa shape index (κ1) is 13.8. The van der Waals surface area contributed by atoms with Crippen LogP contribution in [0.5, 0.6) is 0 Å². The van der Waals surface area contributed by atoms with Gasteiger partial charge in [-0.05, 0) is 29.8 Å². The number of hydrogen-bond acceptors (Lipinski definition) is 4. The molecule has 0 N–H and O–H groups in total. The average molecular weight is 300 g/mol. The van der Waals surface area contributed by atoms with E-state index in [1.165, 1.54) is 17.7 Å². The molecule has 1 aromatic heterocycles. The quantitative estimate of drug-likeness (QED) is 0.704. The van der Waals surface area contributed by atoms with Crippen LogP contribution in [0.3, 0.4) is 0 Å². The Morgan fingerprint density at radius 1 is 0.952 bits per heavy atom. The van der Waals surface area contributed by atoms with E-state index < -0.39 is 0 Å². The standard InChI is InChI=1S/C16H13FN2OS/c17-14-8-6-13(7-9-14)16-18-15(19-20-16)11-21-10-12-4-2-1-3-5-12/h1-9H,10-11H2. The minimum absolute atomic E-state index is 0.281. The van der Waals surface area contributed by atoms with Crippen LogP contribution in [-0.2, 0) is 11.5 Å². The van der Waals surface area contributed by atoms with E-state index in [1.54, 1.807) is 23.9 Å². The lowest BCUT2D eigenvalue weighted by Crippen LogP contribution is -1.86. The van der Waals surface area contributed by atoms with Gasteiger partial charge < -0.3 is 4.52 Å². The molecule has 1 heterocycles. The van der Waals surface area contributed by atoms with Gasteiger partial charge in [0.2, 0.25) is 0 Å². The zero-order valence-electron chi connectivity index (χ0n) is 11.2. The van der Waals surface area contributed by atoms with Crippen molar-refractivity contribution in [1.82, 2.24) is 10.1 Å². The number of hydrogen-bond donors (Lipinski definition) is 0. The summed E-state index contributed by atoms with van der Waals surface area (Å²) in [5, 5.41) is 3.95. The molecule has 0 aliphatic heterocycles. The van der Waals surface area contributed by atoms with Gasteiger partial charge in [-0.15, -0.1) is 11.8 Å². The largest absolute Gasteiger partial charge is 0.334 e. The van der Waals surface area contributed by atoms with E-state index in [0.717, 1.165) is 11.3 Å². The van der Waals surface area contributed by atoms with Gasteiger partial charge in [0.15, 0.2) is 5.82 Å². The zero-order chi connectivity index (χ0) is 14.5. The summed E-state index contributed by atoms with van der Waals surface area (Å²) < 4.78 is 18.1. The third-order valence-electron chi connectivity index (χ3n) is 2.90. The van der Waals surface area contributed by atoms with Crippen LogP contribution in [0.1, 0.15) is 11.4 Å². The number of rotatable bonds is 5. The molecule has 0 radical (unpaired) electrons. The molecule has 106 valence electrons. The molecular formula is C16H13FN2OS. The van der Waals surface area contributed by atoms with Gasteiger partial charge in [0.1, 0.15) is 5.82 Å². The highest BCUT2D eigenvalue weighted by molar-refractivity contribution is 7.97. The summed E-state index contributed by atoms with van der Waals surface area (Å²) in [5.41, 5.74) is 1.99. The smallest absolute Gasteiger partial charge is 0.257 e. The van der Waals surface area contributed by atoms with Gasteiger partial charge in [-0.25, -0.2) is 4.39 Å². The van der Waals surface area contributed by atoms with Gasteiger partial charge in [-0.2, -0.15) is 4.98 Å². The van der Waals surface area contributed by atoms with Crippen LogP contribution >= 0.6 is 11.8 Å². The van der Waals surface area contributed by atoms with Crippen LogP contribution in [0.15, 0.2) is 59.1 Å². The molecule has 2 aromatic carbocycles.